The Balaban J connectivity index is 1.67. The lowest BCUT2D eigenvalue weighted by molar-refractivity contribution is -0.142. The van der Waals surface area contributed by atoms with Gasteiger partial charge in [-0.2, -0.15) is 5.26 Å². The molecule has 0 spiro atoms. The largest absolute Gasteiger partial charge is 0.507 e. The second-order valence-electron chi connectivity index (χ2n) is 9.37. The molecule has 0 radical (unpaired) electrons. The summed E-state index contributed by atoms with van der Waals surface area (Å²) in [6.07, 6.45) is 0.733. The number of fused-ring (bicyclic) bond motifs is 1. The van der Waals surface area contributed by atoms with Gasteiger partial charge in [0.2, 0.25) is 0 Å². The van der Waals surface area contributed by atoms with Crippen molar-refractivity contribution in [1.29, 1.82) is 5.26 Å². The number of nitrogens with zero attached hydrogens (tertiary/aromatic N) is 4. The number of ether oxygens (including phenoxy) is 2. The van der Waals surface area contributed by atoms with E-state index in [0.717, 1.165) is 16.7 Å². The first-order valence-electron chi connectivity index (χ1n) is 11.4. The maximum absolute atomic E-state index is 13.0. The van der Waals surface area contributed by atoms with Gasteiger partial charge in [-0.05, 0) is 62.9 Å². The van der Waals surface area contributed by atoms with Crippen molar-refractivity contribution < 1.29 is 24.2 Å². The second-order valence-corrected chi connectivity index (χ2v) is 10.3. The first-order chi connectivity index (χ1) is 17.1. The number of phenolic OH excluding ortho intramolecular Hbond substituents is 1. The topological polar surface area (TPSA) is 126 Å². The van der Waals surface area contributed by atoms with Crippen molar-refractivity contribution in [2.45, 2.75) is 45.3 Å². The van der Waals surface area contributed by atoms with E-state index >= 15 is 0 Å². The van der Waals surface area contributed by atoms with Gasteiger partial charge in [0.15, 0.2) is 0 Å². The Bertz CT molecular complexity index is 1360. The molecule has 0 saturated carbocycles. The first kappa shape index (κ1) is 25.1. The summed E-state index contributed by atoms with van der Waals surface area (Å²) in [6.45, 7) is 5.12. The number of hydrogen-bond acceptors (Lipinski definition) is 9. The van der Waals surface area contributed by atoms with Crippen molar-refractivity contribution in [3.8, 4) is 33.0 Å². The van der Waals surface area contributed by atoms with Gasteiger partial charge in [-0.1, -0.05) is 29.5 Å². The normalized spacial score (nSPS) is 14.6. The van der Waals surface area contributed by atoms with Crippen LogP contribution in [0.5, 0.6) is 5.75 Å². The summed E-state index contributed by atoms with van der Waals surface area (Å²) in [5, 5.41) is 29.0. The molecule has 1 aromatic heterocycles. The number of carbonyl (C=O) groups excluding carboxylic acids is 2. The SMILES string of the molecule is COC(=O)CN(C(=O)OC(C)(C)C)[C@H]1CCc2c(-c3nnc(-c4ccc(O)c(C#N)c4)s3)cccc21. The molecule has 36 heavy (non-hydrogen) atoms. The van der Waals surface area contributed by atoms with E-state index in [1.54, 1.807) is 32.9 Å². The fraction of sp³-hybridized carbons (Fsp3) is 0.346. The van der Waals surface area contributed by atoms with Crippen LogP contribution in [0.4, 0.5) is 4.79 Å². The Kier molecular flexibility index (Phi) is 6.95. The zero-order chi connectivity index (χ0) is 26.0. The molecule has 1 atom stereocenters. The van der Waals surface area contributed by atoms with Gasteiger partial charge in [-0.3, -0.25) is 9.69 Å². The average molecular weight is 507 g/mol. The lowest BCUT2D eigenvalue weighted by Crippen LogP contribution is -2.41. The van der Waals surface area contributed by atoms with Crippen LogP contribution in [-0.2, 0) is 20.7 Å². The molecule has 0 fully saturated rings. The molecule has 3 aromatic rings. The zero-order valence-corrected chi connectivity index (χ0v) is 21.3. The van der Waals surface area contributed by atoms with Gasteiger partial charge in [-0.25, -0.2) is 4.79 Å². The number of phenols is 1. The number of methoxy groups -OCH3 is 1. The van der Waals surface area contributed by atoms with E-state index < -0.39 is 17.7 Å². The zero-order valence-electron chi connectivity index (χ0n) is 20.4. The van der Waals surface area contributed by atoms with Crippen molar-refractivity contribution in [3.05, 3.63) is 53.1 Å². The van der Waals surface area contributed by atoms with E-state index in [0.29, 0.717) is 28.4 Å². The number of rotatable bonds is 5. The van der Waals surface area contributed by atoms with E-state index in [9.17, 15) is 20.0 Å². The molecule has 1 N–H and O–H groups in total. The summed E-state index contributed by atoms with van der Waals surface area (Å²) in [6, 6.07) is 12.2. The van der Waals surface area contributed by atoms with Crippen molar-refractivity contribution in [2.24, 2.45) is 0 Å². The van der Waals surface area contributed by atoms with E-state index in [1.807, 2.05) is 24.3 Å². The smallest absolute Gasteiger partial charge is 0.411 e. The minimum Gasteiger partial charge on any atom is -0.507 e. The molecule has 9 nitrogen and oxygen atoms in total. The molecular weight excluding hydrogens is 480 g/mol. The molecule has 1 aliphatic carbocycles. The van der Waals surface area contributed by atoms with Gasteiger partial charge < -0.3 is 14.6 Å². The van der Waals surface area contributed by atoms with Gasteiger partial charge in [0.25, 0.3) is 0 Å². The predicted molar refractivity (Wildman–Crippen MR) is 133 cm³/mol. The van der Waals surface area contributed by atoms with Gasteiger partial charge in [0, 0.05) is 11.1 Å². The monoisotopic (exact) mass is 506 g/mol. The molecule has 10 heteroatoms. The van der Waals surface area contributed by atoms with Crippen LogP contribution in [0.1, 0.15) is 49.9 Å². The Morgan fingerprint density at radius 1 is 1.22 bits per heavy atom. The quantitative estimate of drug-likeness (QED) is 0.487. The third kappa shape index (κ3) is 5.16. The number of nitriles is 1. The molecule has 4 rings (SSSR count). The molecular formula is C26H26N4O5S. The first-order valence-corrected chi connectivity index (χ1v) is 12.2. The summed E-state index contributed by atoms with van der Waals surface area (Å²) in [5.41, 5.74) is 3.01. The standard InChI is InChI=1S/C26H26N4O5S/c1-26(2,3)35-25(33)30(14-22(32)34-4)20-10-9-17-18(20)6-5-7-19(17)24-29-28-23(36-24)15-8-11-21(31)16(12-15)13-27/h5-8,11-12,20,31H,9-10,14H2,1-4H3/t20-/m0/s1. The van der Waals surface area contributed by atoms with Crippen molar-refractivity contribution in [1.82, 2.24) is 15.1 Å². The Labute approximate surface area is 212 Å². The highest BCUT2D eigenvalue weighted by Crippen LogP contribution is 2.42. The number of benzene rings is 2. The maximum atomic E-state index is 13.0. The maximum Gasteiger partial charge on any atom is 0.411 e. The van der Waals surface area contributed by atoms with Crippen LogP contribution in [0.2, 0.25) is 0 Å². The molecule has 0 aliphatic heterocycles. The third-order valence-corrected chi connectivity index (χ3v) is 6.80. The van der Waals surface area contributed by atoms with Crippen LogP contribution < -0.4 is 0 Å². The van der Waals surface area contributed by atoms with Crippen LogP contribution in [0, 0.1) is 11.3 Å². The Hall–Kier alpha value is -3.97. The molecule has 1 heterocycles. The van der Waals surface area contributed by atoms with Crippen LogP contribution >= 0.6 is 11.3 Å². The summed E-state index contributed by atoms with van der Waals surface area (Å²) in [7, 11) is 1.29. The molecule has 0 bridgehead atoms. The molecule has 2 aromatic carbocycles. The Morgan fingerprint density at radius 3 is 2.67 bits per heavy atom. The summed E-state index contributed by atoms with van der Waals surface area (Å²) < 4.78 is 10.4. The van der Waals surface area contributed by atoms with Crippen LogP contribution in [0.25, 0.3) is 21.1 Å². The van der Waals surface area contributed by atoms with E-state index in [4.69, 9.17) is 9.47 Å². The molecule has 0 saturated heterocycles. The molecule has 0 unspecified atom stereocenters. The van der Waals surface area contributed by atoms with E-state index in [1.165, 1.54) is 29.4 Å². The fourth-order valence-corrected chi connectivity index (χ4v) is 5.08. The highest BCUT2D eigenvalue weighted by Gasteiger charge is 2.36. The van der Waals surface area contributed by atoms with E-state index in [2.05, 4.69) is 10.2 Å². The van der Waals surface area contributed by atoms with Crippen LogP contribution in [-0.4, -0.2) is 51.5 Å². The summed E-state index contributed by atoms with van der Waals surface area (Å²) >= 11 is 1.38. The van der Waals surface area contributed by atoms with Crippen LogP contribution in [0.15, 0.2) is 36.4 Å². The number of aromatic nitrogens is 2. The minimum atomic E-state index is -0.711. The van der Waals surface area contributed by atoms with Crippen molar-refractivity contribution in [3.63, 3.8) is 0 Å². The van der Waals surface area contributed by atoms with Gasteiger partial charge in [-0.15, -0.1) is 10.2 Å². The average Bonchev–Trinajstić information content (AvgIpc) is 3.49. The lowest BCUT2D eigenvalue weighted by atomic mass is 10.0. The predicted octanol–water partition coefficient (Wildman–Crippen LogP) is 4.85. The number of hydrogen-bond donors (Lipinski definition) is 1. The second kappa shape index (κ2) is 9.95. The highest BCUT2D eigenvalue weighted by molar-refractivity contribution is 7.17. The van der Waals surface area contributed by atoms with Crippen molar-refractivity contribution >= 4 is 23.4 Å². The lowest BCUT2D eigenvalue weighted by Gasteiger charge is -2.31. The molecule has 1 aliphatic rings. The highest BCUT2D eigenvalue weighted by atomic mass is 32.1. The molecule has 186 valence electrons. The number of aromatic hydroxyl groups is 1. The van der Waals surface area contributed by atoms with Gasteiger partial charge in [0.05, 0.1) is 18.7 Å². The summed E-state index contributed by atoms with van der Waals surface area (Å²) in [4.78, 5) is 26.6. The van der Waals surface area contributed by atoms with Gasteiger partial charge in [0.1, 0.15) is 34.0 Å². The van der Waals surface area contributed by atoms with Crippen LogP contribution in [0.3, 0.4) is 0 Å². The fourth-order valence-electron chi connectivity index (χ4n) is 4.19. The number of carbonyl (C=O) groups is 2. The van der Waals surface area contributed by atoms with E-state index in [-0.39, 0.29) is 23.9 Å². The molecule has 1 amide bonds. The number of esters is 1. The summed E-state index contributed by atoms with van der Waals surface area (Å²) in [5.74, 6) is -0.607. The van der Waals surface area contributed by atoms with Gasteiger partial charge >= 0.3 is 12.1 Å². The van der Waals surface area contributed by atoms with Crippen molar-refractivity contribution in [2.75, 3.05) is 13.7 Å². The third-order valence-electron chi connectivity index (χ3n) is 5.79. The minimum absolute atomic E-state index is 0.0839. The number of amides is 1. The Morgan fingerprint density at radius 2 is 1.97 bits per heavy atom.